The van der Waals surface area contributed by atoms with Gasteiger partial charge in [0.1, 0.15) is 13.2 Å². The standard InChI is InChI=1S/C23H21N3O3S/c1-25(13-16-7-8-20-21(11-16)29-10-9-28-20)14-18-12-22(27)26-19(15-30-23(26)24-18)17-5-3-2-4-6-17/h2-8,11-12,15H,9-10,13-14H2,1H3. The second-order valence-electron chi connectivity index (χ2n) is 7.34. The maximum Gasteiger partial charge on any atom is 0.259 e. The highest BCUT2D eigenvalue weighted by Crippen LogP contribution is 2.31. The first-order chi connectivity index (χ1) is 14.7. The zero-order valence-corrected chi connectivity index (χ0v) is 17.4. The minimum atomic E-state index is -0.0529. The Kier molecular flexibility index (Phi) is 4.98. The van der Waals surface area contributed by atoms with E-state index in [2.05, 4.69) is 4.90 Å². The Hall–Kier alpha value is -3.16. The van der Waals surface area contributed by atoms with E-state index in [0.29, 0.717) is 24.7 Å². The molecule has 152 valence electrons. The summed E-state index contributed by atoms with van der Waals surface area (Å²) in [4.78, 5) is 20.4. The van der Waals surface area contributed by atoms with E-state index in [0.717, 1.165) is 40.6 Å². The van der Waals surface area contributed by atoms with Gasteiger partial charge in [0.2, 0.25) is 0 Å². The summed E-state index contributed by atoms with van der Waals surface area (Å²) in [5, 5.41) is 1.99. The molecule has 3 heterocycles. The summed E-state index contributed by atoms with van der Waals surface area (Å²) >= 11 is 1.49. The number of fused-ring (bicyclic) bond motifs is 2. The summed E-state index contributed by atoms with van der Waals surface area (Å²) in [6, 6.07) is 17.6. The largest absolute Gasteiger partial charge is 0.486 e. The first-order valence-corrected chi connectivity index (χ1v) is 10.7. The Morgan fingerprint density at radius 3 is 2.67 bits per heavy atom. The highest BCUT2D eigenvalue weighted by Gasteiger charge is 2.14. The summed E-state index contributed by atoms with van der Waals surface area (Å²) in [7, 11) is 2.02. The third-order valence-electron chi connectivity index (χ3n) is 5.02. The zero-order chi connectivity index (χ0) is 20.5. The van der Waals surface area contributed by atoms with Crippen LogP contribution in [0.1, 0.15) is 11.3 Å². The minimum absolute atomic E-state index is 0.0529. The molecular formula is C23H21N3O3S. The van der Waals surface area contributed by atoms with Crippen LogP contribution in [0.4, 0.5) is 0 Å². The third-order valence-corrected chi connectivity index (χ3v) is 5.84. The van der Waals surface area contributed by atoms with Crippen molar-refractivity contribution >= 4 is 16.3 Å². The number of rotatable bonds is 5. The van der Waals surface area contributed by atoms with Crippen LogP contribution in [0.5, 0.6) is 11.5 Å². The first kappa shape index (κ1) is 18.8. The second kappa shape index (κ2) is 7.93. The van der Waals surface area contributed by atoms with Gasteiger partial charge in [0.15, 0.2) is 16.5 Å². The molecule has 0 amide bonds. The topological polar surface area (TPSA) is 56.1 Å². The van der Waals surface area contributed by atoms with Gasteiger partial charge in [-0.15, -0.1) is 11.3 Å². The maximum absolute atomic E-state index is 12.8. The van der Waals surface area contributed by atoms with Crippen LogP contribution in [-0.2, 0) is 13.1 Å². The molecule has 7 heteroatoms. The molecule has 1 aliphatic heterocycles. The first-order valence-electron chi connectivity index (χ1n) is 9.80. The number of hydrogen-bond donors (Lipinski definition) is 0. The Balaban J connectivity index is 1.36. The average Bonchev–Trinajstić information content (AvgIpc) is 3.19. The van der Waals surface area contributed by atoms with Gasteiger partial charge in [0, 0.05) is 24.5 Å². The highest BCUT2D eigenvalue weighted by molar-refractivity contribution is 7.15. The van der Waals surface area contributed by atoms with Gasteiger partial charge in [-0.25, -0.2) is 4.98 Å². The molecule has 0 radical (unpaired) electrons. The van der Waals surface area contributed by atoms with Crippen molar-refractivity contribution in [3.05, 3.63) is 81.6 Å². The lowest BCUT2D eigenvalue weighted by Crippen LogP contribution is -2.22. The molecular weight excluding hydrogens is 398 g/mol. The summed E-state index contributed by atoms with van der Waals surface area (Å²) in [5.74, 6) is 1.58. The quantitative estimate of drug-likeness (QED) is 0.492. The minimum Gasteiger partial charge on any atom is -0.486 e. The fraction of sp³-hybridized carbons (Fsp3) is 0.217. The fourth-order valence-corrected chi connectivity index (χ4v) is 4.61. The molecule has 2 aromatic heterocycles. The van der Waals surface area contributed by atoms with Crippen LogP contribution in [0.15, 0.2) is 64.8 Å². The number of aromatic nitrogens is 2. The predicted molar refractivity (Wildman–Crippen MR) is 117 cm³/mol. The summed E-state index contributed by atoms with van der Waals surface area (Å²) in [6.45, 7) is 2.47. The van der Waals surface area contributed by atoms with E-state index in [4.69, 9.17) is 14.5 Å². The summed E-state index contributed by atoms with van der Waals surface area (Å²) in [6.07, 6.45) is 0. The summed E-state index contributed by atoms with van der Waals surface area (Å²) in [5.41, 5.74) is 3.73. The van der Waals surface area contributed by atoms with E-state index < -0.39 is 0 Å². The zero-order valence-electron chi connectivity index (χ0n) is 16.6. The molecule has 0 saturated carbocycles. The van der Waals surface area contributed by atoms with Crippen LogP contribution in [0.3, 0.4) is 0 Å². The lowest BCUT2D eigenvalue weighted by Gasteiger charge is -2.21. The van der Waals surface area contributed by atoms with E-state index in [-0.39, 0.29) is 5.56 Å². The smallest absolute Gasteiger partial charge is 0.259 e. The van der Waals surface area contributed by atoms with Crippen LogP contribution in [0.25, 0.3) is 16.2 Å². The van der Waals surface area contributed by atoms with Gasteiger partial charge in [-0.1, -0.05) is 36.4 Å². The molecule has 6 nitrogen and oxygen atoms in total. The van der Waals surface area contributed by atoms with Crippen LogP contribution < -0.4 is 15.0 Å². The van der Waals surface area contributed by atoms with E-state index in [9.17, 15) is 4.79 Å². The average molecular weight is 420 g/mol. The lowest BCUT2D eigenvalue weighted by molar-refractivity contribution is 0.171. The van der Waals surface area contributed by atoms with Gasteiger partial charge in [-0.05, 0) is 30.3 Å². The van der Waals surface area contributed by atoms with Crippen LogP contribution >= 0.6 is 11.3 Å². The Labute approximate surface area is 178 Å². The third kappa shape index (κ3) is 3.69. The Morgan fingerprint density at radius 1 is 1.03 bits per heavy atom. The number of ether oxygens (including phenoxy) is 2. The van der Waals surface area contributed by atoms with Crippen molar-refractivity contribution in [3.63, 3.8) is 0 Å². The van der Waals surface area contributed by atoms with Gasteiger partial charge >= 0.3 is 0 Å². The monoisotopic (exact) mass is 419 g/mol. The van der Waals surface area contributed by atoms with E-state index in [1.807, 2.05) is 61.0 Å². The fourth-order valence-electron chi connectivity index (χ4n) is 3.69. The van der Waals surface area contributed by atoms with Gasteiger partial charge in [0.05, 0.1) is 11.4 Å². The number of nitrogens with zero attached hydrogens (tertiary/aromatic N) is 3. The normalized spacial score (nSPS) is 13.1. The van der Waals surface area contributed by atoms with Crippen molar-refractivity contribution in [1.29, 1.82) is 0 Å². The van der Waals surface area contributed by atoms with Crippen molar-refractivity contribution in [2.75, 3.05) is 20.3 Å². The molecule has 0 fully saturated rings. The molecule has 5 rings (SSSR count). The van der Waals surface area contributed by atoms with E-state index >= 15 is 0 Å². The van der Waals surface area contributed by atoms with Crippen molar-refractivity contribution < 1.29 is 9.47 Å². The number of benzene rings is 2. The van der Waals surface area contributed by atoms with Gasteiger partial charge in [0.25, 0.3) is 5.56 Å². The molecule has 0 N–H and O–H groups in total. The number of hydrogen-bond acceptors (Lipinski definition) is 6. The van der Waals surface area contributed by atoms with E-state index in [1.165, 1.54) is 11.3 Å². The summed E-state index contributed by atoms with van der Waals surface area (Å²) < 4.78 is 12.9. The highest BCUT2D eigenvalue weighted by atomic mass is 32.1. The van der Waals surface area contributed by atoms with Crippen LogP contribution in [0, 0.1) is 0 Å². The SMILES string of the molecule is CN(Cc1ccc2c(c1)OCCO2)Cc1cc(=O)n2c(-c3ccccc3)csc2n1. The van der Waals surface area contributed by atoms with Gasteiger partial charge in [-0.2, -0.15) is 0 Å². The molecule has 2 aromatic carbocycles. The van der Waals surface area contributed by atoms with E-state index in [1.54, 1.807) is 10.5 Å². The molecule has 0 unspecified atom stereocenters. The van der Waals surface area contributed by atoms with Crippen molar-refractivity contribution in [2.45, 2.75) is 13.1 Å². The van der Waals surface area contributed by atoms with Crippen LogP contribution in [-0.4, -0.2) is 34.5 Å². The van der Waals surface area contributed by atoms with Gasteiger partial charge < -0.3 is 9.47 Å². The second-order valence-corrected chi connectivity index (χ2v) is 8.18. The molecule has 0 saturated heterocycles. The molecule has 0 spiro atoms. The Bertz CT molecular complexity index is 1250. The van der Waals surface area contributed by atoms with Gasteiger partial charge in [-0.3, -0.25) is 14.1 Å². The molecule has 4 aromatic rings. The molecule has 1 aliphatic rings. The number of thiazole rings is 1. The molecule has 0 bridgehead atoms. The predicted octanol–water partition coefficient (Wildman–Crippen LogP) is 3.83. The Morgan fingerprint density at radius 2 is 1.83 bits per heavy atom. The van der Waals surface area contributed by atoms with Crippen LogP contribution in [0.2, 0.25) is 0 Å². The van der Waals surface area contributed by atoms with Crippen molar-refractivity contribution in [1.82, 2.24) is 14.3 Å². The molecule has 0 aliphatic carbocycles. The van der Waals surface area contributed by atoms with Crippen molar-refractivity contribution in [2.24, 2.45) is 0 Å². The lowest BCUT2D eigenvalue weighted by atomic mass is 10.2. The molecule has 0 atom stereocenters. The molecule has 30 heavy (non-hydrogen) atoms. The van der Waals surface area contributed by atoms with Crippen molar-refractivity contribution in [3.8, 4) is 22.8 Å². The maximum atomic E-state index is 12.8.